The Labute approximate surface area is 163 Å². The largest absolute Gasteiger partial charge is 0.388 e. The number of hydrogen-bond donors (Lipinski definition) is 2. The third-order valence-corrected chi connectivity index (χ3v) is 6.26. The Bertz CT molecular complexity index is 1060. The molecule has 0 saturated heterocycles. The van der Waals surface area contributed by atoms with E-state index in [1.807, 2.05) is 36.5 Å². The summed E-state index contributed by atoms with van der Waals surface area (Å²) in [6.07, 6.45) is 9.86. The van der Waals surface area contributed by atoms with Gasteiger partial charge in [-0.15, -0.1) is 5.10 Å². The molecular weight excluding hydrogens is 350 g/mol. The number of benzene rings is 1. The van der Waals surface area contributed by atoms with Crippen LogP contribution in [0.25, 0.3) is 16.6 Å². The average molecular weight is 375 g/mol. The van der Waals surface area contributed by atoms with Crippen LogP contribution in [-0.2, 0) is 0 Å². The molecule has 1 fully saturated rings. The van der Waals surface area contributed by atoms with Gasteiger partial charge in [0.25, 0.3) is 0 Å². The van der Waals surface area contributed by atoms with E-state index in [0.717, 1.165) is 53.5 Å². The SMILES string of the molecule is OC(CCC1CCC(c2nnn3cnc4[nH]ccc4c23)CC1)c1ccccc1. The van der Waals surface area contributed by atoms with E-state index in [4.69, 9.17) is 0 Å². The molecule has 1 aliphatic rings. The third kappa shape index (κ3) is 3.18. The van der Waals surface area contributed by atoms with Gasteiger partial charge < -0.3 is 10.1 Å². The summed E-state index contributed by atoms with van der Waals surface area (Å²) in [5, 5.41) is 20.3. The van der Waals surface area contributed by atoms with Crippen LogP contribution in [0, 0.1) is 5.92 Å². The topological polar surface area (TPSA) is 79.1 Å². The monoisotopic (exact) mass is 375 g/mol. The predicted molar refractivity (Wildman–Crippen MR) is 108 cm³/mol. The Hall–Kier alpha value is -2.73. The van der Waals surface area contributed by atoms with E-state index in [1.54, 1.807) is 10.8 Å². The van der Waals surface area contributed by atoms with Crippen molar-refractivity contribution in [1.82, 2.24) is 24.8 Å². The fourth-order valence-corrected chi connectivity index (χ4v) is 4.65. The molecule has 0 spiro atoms. The van der Waals surface area contributed by atoms with Crippen LogP contribution in [0.1, 0.15) is 61.8 Å². The van der Waals surface area contributed by atoms with Gasteiger partial charge in [-0.05, 0) is 56.1 Å². The van der Waals surface area contributed by atoms with E-state index >= 15 is 0 Å². The molecule has 0 amide bonds. The van der Waals surface area contributed by atoms with Crippen molar-refractivity contribution in [2.24, 2.45) is 5.92 Å². The molecule has 1 aromatic carbocycles. The van der Waals surface area contributed by atoms with Crippen LogP contribution in [0.5, 0.6) is 0 Å². The Kier molecular flexibility index (Phi) is 4.56. The molecule has 6 heteroatoms. The molecule has 3 aromatic heterocycles. The Morgan fingerprint density at radius 2 is 1.93 bits per heavy atom. The predicted octanol–water partition coefficient (Wildman–Crippen LogP) is 4.39. The van der Waals surface area contributed by atoms with Gasteiger partial charge in [-0.1, -0.05) is 35.5 Å². The molecular formula is C22H25N5O. The van der Waals surface area contributed by atoms with Crippen LogP contribution in [0.4, 0.5) is 0 Å². The second kappa shape index (κ2) is 7.36. The first-order valence-electron chi connectivity index (χ1n) is 10.2. The van der Waals surface area contributed by atoms with Gasteiger partial charge in [0.2, 0.25) is 0 Å². The van der Waals surface area contributed by atoms with Crippen molar-refractivity contribution in [3.05, 3.63) is 60.2 Å². The summed E-state index contributed by atoms with van der Waals surface area (Å²) in [6, 6.07) is 12.0. The second-order valence-corrected chi connectivity index (χ2v) is 7.97. The Morgan fingerprint density at radius 3 is 2.75 bits per heavy atom. The summed E-state index contributed by atoms with van der Waals surface area (Å²) in [5.74, 6) is 1.14. The lowest BCUT2D eigenvalue weighted by atomic mass is 9.78. The molecule has 1 saturated carbocycles. The first-order valence-corrected chi connectivity index (χ1v) is 10.2. The fraction of sp³-hybridized carbons (Fsp3) is 0.409. The maximum Gasteiger partial charge on any atom is 0.141 e. The van der Waals surface area contributed by atoms with Gasteiger partial charge in [0.15, 0.2) is 0 Å². The van der Waals surface area contributed by atoms with Crippen molar-refractivity contribution in [1.29, 1.82) is 0 Å². The fourth-order valence-electron chi connectivity index (χ4n) is 4.65. The highest BCUT2D eigenvalue weighted by Crippen LogP contribution is 2.39. The molecule has 0 bridgehead atoms. The van der Waals surface area contributed by atoms with Crippen LogP contribution in [0.15, 0.2) is 48.9 Å². The minimum absolute atomic E-state index is 0.352. The summed E-state index contributed by atoms with van der Waals surface area (Å²) in [7, 11) is 0. The molecule has 1 unspecified atom stereocenters. The highest BCUT2D eigenvalue weighted by molar-refractivity contribution is 5.92. The van der Waals surface area contributed by atoms with E-state index in [1.165, 1.54) is 12.8 Å². The van der Waals surface area contributed by atoms with Crippen LogP contribution in [0.3, 0.4) is 0 Å². The van der Waals surface area contributed by atoms with Crippen LogP contribution in [0.2, 0.25) is 0 Å². The Balaban J connectivity index is 1.24. The van der Waals surface area contributed by atoms with Crippen molar-refractivity contribution in [3.63, 3.8) is 0 Å². The van der Waals surface area contributed by atoms with Gasteiger partial charge in [0.1, 0.15) is 17.5 Å². The molecule has 2 N–H and O–H groups in total. The lowest BCUT2D eigenvalue weighted by Crippen LogP contribution is -2.15. The maximum atomic E-state index is 10.4. The zero-order valence-electron chi connectivity index (χ0n) is 15.8. The first-order chi connectivity index (χ1) is 13.8. The average Bonchev–Trinajstić information content (AvgIpc) is 3.39. The zero-order valence-corrected chi connectivity index (χ0v) is 15.8. The minimum atomic E-state index is -0.352. The quantitative estimate of drug-likeness (QED) is 0.542. The third-order valence-electron chi connectivity index (χ3n) is 6.26. The van der Waals surface area contributed by atoms with Crippen molar-refractivity contribution < 1.29 is 5.11 Å². The van der Waals surface area contributed by atoms with E-state index in [0.29, 0.717) is 11.8 Å². The normalized spacial score (nSPS) is 21.3. The zero-order chi connectivity index (χ0) is 18.9. The number of aromatic nitrogens is 5. The number of H-pyrrole nitrogens is 1. The summed E-state index contributed by atoms with van der Waals surface area (Å²) >= 11 is 0. The van der Waals surface area contributed by atoms with E-state index in [2.05, 4.69) is 26.3 Å². The van der Waals surface area contributed by atoms with Crippen molar-refractivity contribution in [3.8, 4) is 0 Å². The minimum Gasteiger partial charge on any atom is -0.388 e. The van der Waals surface area contributed by atoms with Gasteiger partial charge in [-0.25, -0.2) is 9.50 Å². The van der Waals surface area contributed by atoms with Gasteiger partial charge in [0, 0.05) is 17.5 Å². The number of nitrogens with zero attached hydrogens (tertiary/aromatic N) is 4. The standard InChI is InChI=1S/C22H25N5O/c28-19(16-4-2-1-3-5-16)11-8-15-6-9-17(10-7-15)20-21-18-12-13-23-22(18)24-14-27(21)26-25-20/h1-5,12-15,17,19,23,28H,6-11H2. The van der Waals surface area contributed by atoms with Crippen LogP contribution in [-0.4, -0.2) is 29.9 Å². The first kappa shape index (κ1) is 17.4. The lowest BCUT2D eigenvalue weighted by Gasteiger charge is -2.28. The molecule has 144 valence electrons. The van der Waals surface area contributed by atoms with Gasteiger partial charge in [-0.3, -0.25) is 0 Å². The number of fused-ring (bicyclic) bond motifs is 3. The van der Waals surface area contributed by atoms with E-state index in [-0.39, 0.29) is 6.10 Å². The summed E-state index contributed by atoms with van der Waals surface area (Å²) < 4.78 is 1.80. The summed E-state index contributed by atoms with van der Waals surface area (Å²) in [6.45, 7) is 0. The smallest absolute Gasteiger partial charge is 0.141 e. The molecule has 0 aliphatic heterocycles. The number of aliphatic hydroxyl groups is 1. The number of aromatic amines is 1. The number of aliphatic hydroxyl groups excluding tert-OH is 1. The lowest BCUT2D eigenvalue weighted by molar-refractivity contribution is 0.150. The van der Waals surface area contributed by atoms with E-state index < -0.39 is 0 Å². The second-order valence-electron chi connectivity index (χ2n) is 7.97. The van der Waals surface area contributed by atoms with Crippen LogP contribution >= 0.6 is 0 Å². The maximum absolute atomic E-state index is 10.4. The molecule has 0 radical (unpaired) electrons. The molecule has 4 aromatic rings. The molecule has 1 aliphatic carbocycles. The number of nitrogens with one attached hydrogen (secondary N) is 1. The summed E-state index contributed by atoms with van der Waals surface area (Å²) in [4.78, 5) is 7.56. The van der Waals surface area contributed by atoms with Crippen molar-refractivity contribution >= 4 is 16.6 Å². The van der Waals surface area contributed by atoms with Gasteiger partial charge in [0.05, 0.1) is 11.8 Å². The molecule has 6 nitrogen and oxygen atoms in total. The molecule has 5 rings (SSSR count). The highest BCUT2D eigenvalue weighted by atomic mass is 16.3. The number of rotatable bonds is 5. The van der Waals surface area contributed by atoms with E-state index in [9.17, 15) is 5.11 Å². The van der Waals surface area contributed by atoms with Gasteiger partial charge in [-0.2, -0.15) is 0 Å². The van der Waals surface area contributed by atoms with Crippen LogP contribution < -0.4 is 0 Å². The van der Waals surface area contributed by atoms with Crippen molar-refractivity contribution in [2.45, 2.75) is 50.5 Å². The molecule has 3 heterocycles. The molecule has 1 atom stereocenters. The van der Waals surface area contributed by atoms with Gasteiger partial charge >= 0.3 is 0 Å². The Morgan fingerprint density at radius 1 is 1.11 bits per heavy atom. The number of hydrogen-bond acceptors (Lipinski definition) is 4. The molecule has 28 heavy (non-hydrogen) atoms. The van der Waals surface area contributed by atoms with Crippen molar-refractivity contribution in [2.75, 3.05) is 0 Å². The highest BCUT2D eigenvalue weighted by Gasteiger charge is 2.27. The summed E-state index contributed by atoms with van der Waals surface area (Å²) in [5.41, 5.74) is 4.11.